The molecule has 0 spiro atoms. The van der Waals surface area contributed by atoms with Crippen LogP contribution in [0.15, 0.2) is 35.0 Å². The molecule has 0 aliphatic heterocycles. The van der Waals surface area contributed by atoms with Crippen LogP contribution in [0, 0.1) is 0 Å². The molecule has 0 amide bonds. The average Bonchev–Trinajstić information content (AvgIpc) is 2.76. The van der Waals surface area contributed by atoms with Crippen molar-refractivity contribution < 1.29 is 23.5 Å². The predicted octanol–water partition coefficient (Wildman–Crippen LogP) is 1.56. The lowest BCUT2D eigenvalue weighted by Crippen LogP contribution is -2.13. The van der Waals surface area contributed by atoms with Crippen molar-refractivity contribution in [2.24, 2.45) is 0 Å². The Labute approximate surface area is 92.6 Å². The Balaban J connectivity index is 2.19. The van der Waals surface area contributed by atoms with Crippen molar-refractivity contribution in [2.45, 2.75) is 6.92 Å². The maximum Gasteiger partial charge on any atom is 0.374 e. The van der Waals surface area contributed by atoms with Crippen LogP contribution >= 0.6 is 0 Å². The Kier molecular flexibility index (Phi) is 4.32. The van der Waals surface area contributed by atoms with E-state index in [0.717, 1.165) is 0 Å². The molecule has 16 heavy (non-hydrogen) atoms. The van der Waals surface area contributed by atoms with Crippen molar-refractivity contribution in [2.75, 3.05) is 13.2 Å². The minimum atomic E-state index is -0.587. The number of esters is 2. The lowest BCUT2D eigenvalue weighted by atomic mass is 10.4. The smallest absolute Gasteiger partial charge is 0.374 e. The fraction of sp³-hybridized carbons (Fsp3) is 0.273. The molecule has 0 fully saturated rings. The number of rotatable bonds is 5. The van der Waals surface area contributed by atoms with Crippen LogP contribution in [0.3, 0.4) is 0 Å². The lowest BCUT2D eigenvalue weighted by molar-refractivity contribution is -0.140. The topological polar surface area (TPSA) is 65.7 Å². The molecular formula is C11H12O5. The standard InChI is InChI=1S/C11H12O5/c1-8(2)10(12)15-6-7-16-11(13)9-4-3-5-14-9/h3-5H,1,6-7H2,2H3. The molecule has 0 saturated heterocycles. The zero-order chi connectivity index (χ0) is 12.0. The fourth-order valence-electron chi connectivity index (χ4n) is 0.858. The van der Waals surface area contributed by atoms with Gasteiger partial charge in [0.1, 0.15) is 13.2 Å². The van der Waals surface area contributed by atoms with E-state index < -0.39 is 11.9 Å². The summed E-state index contributed by atoms with van der Waals surface area (Å²) < 4.78 is 14.3. The highest BCUT2D eigenvalue weighted by Crippen LogP contribution is 2.02. The first-order valence-electron chi connectivity index (χ1n) is 4.64. The molecule has 0 aliphatic rings. The normalized spacial score (nSPS) is 9.56. The van der Waals surface area contributed by atoms with E-state index in [1.807, 2.05) is 0 Å². The van der Waals surface area contributed by atoms with Crippen LogP contribution in [0.25, 0.3) is 0 Å². The van der Waals surface area contributed by atoms with Gasteiger partial charge in [-0.3, -0.25) is 0 Å². The predicted molar refractivity (Wildman–Crippen MR) is 54.8 cm³/mol. The summed E-state index contributed by atoms with van der Waals surface area (Å²) in [7, 11) is 0. The third-order valence-electron chi connectivity index (χ3n) is 1.62. The molecule has 0 radical (unpaired) electrons. The zero-order valence-electron chi connectivity index (χ0n) is 8.89. The molecule has 1 rings (SSSR count). The Morgan fingerprint density at radius 1 is 1.38 bits per heavy atom. The van der Waals surface area contributed by atoms with Gasteiger partial charge in [0.2, 0.25) is 5.76 Å². The summed E-state index contributed by atoms with van der Waals surface area (Å²) in [4.78, 5) is 22.1. The summed E-state index contributed by atoms with van der Waals surface area (Å²) >= 11 is 0. The van der Waals surface area contributed by atoms with Crippen molar-refractivity contribution in [1.29, 1.82) is 0 Å². The molecule has 0 bridgehead atoms. The van der Waals surface area contributed by atoms with Crippen LogP contribution in [-0.2, 0) is 14.3 Å². The van der Waals surface area contributed by atoms with E-state index in [1.54, 1.807) is 6.07 Å². The number of carbonyl (C=O) groups excluding carboxylic acids is 2. The van der Waals surface area contributed by atoms with Gasteiger partial charge in [-0.1, -0.05) is 6.58 Å². The van der Waals surface area contributed by atoms with Crippen LogP contribution in [0.4, 0.5) is 0 Å². The molecule has 0 atom stereocenters. The van der Waals surface area contributed by atoms with Gasteiger partial charge in [-0.2, -0.15) is 0 Å². The Bertz CT molecular complexity index is 377. The van der Waals surface area contributed by atoms with E-state index in [-0.39, 0.29) is 19.0 Å². The number of hydrogen-bond donors (Lipinski definition) is 0. The first kappa shape index (κ1) is 12.0. The van der Waals surface area contributed by atoms with Gasteiger partial charge in [-0.05, 0) is 19.1 Å². The molecule has 0 saturated carbocycles. The Hall–Kier alpha value is -2.04. The molecule has 86 valence electrons. The third-order valence-corrected chi connectivity index (χ3v) is 1.62. The number of hydrogen-bond acceptors (Lipinski definition) is 5. The minimum absolute atomic E-state index is 0.00184. The second-order valence-corrected chi connectivity index (χ2v) is 3.03. The van der Waals surface area contributed by atoms with Gasteiger partial charge in [0.15, 0.2) is 0 Å². The van der Waals surface area contributed by atoms with E-state index in [9.17, 15) is 9.59 Å². The van der Waals surface area contributed by atoms with Crippen molar-refractivity contribution in [3.05, 3.63) is 36.3 Å². The Morgan fingerprint density at radius 2 is 2.06 bits per heavy atom. The molecule has 0 unspecified atom stereocenters. The van der Waals surface area contributed by atoms with Crippen LogP contribution in [0.5, 0.6) is 0 Å². The van der Waals surface area contributed by atoms with Crippen LogP contribution < -0.4 is 0 Å². The fourth-order valence-corrected chi connectivity index (χ4v) is 0.858. The van der Waals surface area contributed by atoms with Crippen molar-refractivity contribution in [3.63, 3.8) is 0 Å². The first-order valence-corrected chi connectivity index (χ1v) is 4.64. The third kappa shape index (κ3) is 3.61. The minimum Gasteiger partial charge on any atom is -0.459 e. The van der Waals surface area contributed by atoms with E-state index in [4.69, 9.17) is 13.9 Å². The molecule has 5 nitrogen and oxygen atoms in total. The van der Waals surface area contributed by atoms with Crippen molar-refractivity contribution >= 4 is 11.9 Å². The quantitative estimate of drug-likeness (QED) is 0.431. The summed E-state index contributed by atoms with van der Waals surface area (Å²) in [5.74, 6) is -0.975. The largest absolute Gasteiger partial charge is 0.459 e. The van der Waals surface area contributed by atoms with Gasteiger partial charge in [0.25, 0.3) is 0 Å². The summed E-state index contributed by atoms with van der Waals surface area (Å²) in [5.41, 5.74) is 0.303. The highest BCUT2D eigenvalue weighted by Gasteiger charge is 2.10. The molecular weight excluding hydrogens is 212 g/mol. The molecule has 5 heteroatoms. The molecule has 1 aromatic rings. The lowest BCUT2D eigenvalue weighted by Gasteiger charge is -2.04. The first-order chi connectivity index (χ1) is 7.61. The van der Waals surface area contributed by atoms with Crippen LogP contribution in [0.2, 0.25) is 0 Å². The monoisotopic (exact) mass is 224 g/mol. The molecule has 1 heterocycles. The second-order valence-electron chi connectivity index (χ2n) is 3.03. The van der Waals surface area contributed by atoms with Gasteiger partial charge in [-0.25, -0.2) is 9.59 Å². The molecule has 0 N–H and O–H groups in total. The molecule has 0 aliphatic carbocycles. The van der Waals surface area contributed by atoms with Gasteiger partial charge in [-0.15, -0.1) is 0 Å². The molecule has 1 aromatic heterocycles. The average molecular weight is 224 g/mol. The SMILES string of the molecule is C=C(C)C(=O)OCCOC(=O)c1ccco1. The van der Waals surface area contributed by atoms with Crippen LogP contribution in [-0.4, -0.2) is 25.2 Å². The maximum atomic E-state index is 11.2. The number of carbonyl (C=O) groups is 2. The van der Waals surface area contributed by atoms with Crippen molar-refractivity contribution in [3.8, 4) is 0 Å². The summed E-state index contributed by atoms with van der Waals surface area (Å²) in [5, 5.41) is 0. The van der Waals surface area contributed by atoms with Crippen molar-refractivity contribution in [1.82, 2.24) is 0 Å². The maximum absolute atomic E-state index is 11.2. The van der Waals surface area contributed by atoms with E-state index in [2.05, 4.69) is 6.58 Å². The van der Waals surface area contributed by atoms with E-state index >= 15 is 0 Å². The Morgan fingerprint density at radius 3 is 2.62 bits per heavy atom. The summed E-state index contributed by atoms with van der Waals surface area (Å²) in [6, 6.07) is 3.07. The zero-order valence-corrected chi connectivity index (χ0v) is 8.89. The second kappa shape index (κ2) is 5.75. The van der Waals surface area contributed by atoms with Gasteiger partial charge < -0.3 is 13.9 Å². The highest BCUT2D eigenvalue weighted by molar-refractivity contribution is 5.87. The number of furan rings is 1. The van der Waals surface area contributed by atoms with E-state index in [0.29, 0.717) is 5.57 Å². The summed E-state index contributed by atoms with van der Waals surface area (Å²) in [6.45, 7) is 4.93. The van der Waals surface area contributed by atoms with Gasteiger partial charge in [0, 0.05) is 5.57 Å². The summed E-state index contributed by atoms with van der Waals surface area (Å²) in [6.07, 6.45) is 1.37. The van der Waals surface area contributed by atoms with Gasteiger partial charge >= 0.3 is 11.9 Å². The van der Waals surface area contributed by atoms with E-state index in [1.165, 1.54) is 19.3 Å². The van der Waals surface area contributed by atoms with Gasteiger partial charge in [0.05, 0.1) is 6.26 Å². The molecule has 0 aromatic carbocycles. The van der Waals surface area contributed by atoms with Crippen LogP contribution in [0.1, 0.15) is 17.5 Å². The highest BCUT2D eigenvalue weighted by atomic mass is 16.6. The number of ether oxygens (including phenoxy) is 2.